The Hall–Kier alpha value is -0.660. The van der Waals surface area contributed by atoms with Gasteiger partial charge in [-0.3, -0.25) is 4.79 Å². The maximum atomic E-state index is 11.9. The summed E-state index contributed by atoms with van der Waals surface area (Å²) in [6.45, 7) is 2.41. The van der Waals surface area contributed by atoms with Gasteiger partial charge in [0.05, 0.1) is 25.4 Å². The van der Waals surface area contributed by atoms with Gasteiger partial charge in [-0.1, -0.05) is 0 Å². The van der Waals surface area contributed by atoms with Crippen LogP contribution in [0.25, 0.3) is 0 Å². The van der Waals surface area contributed by atoms with Crippen molar-refractivity contribution in [2.75, 3.05) is 26.0 Å². The summed E-state index contributed by atoms with van der Waals surface area (Å²) in [6.07, 6.45) is 0.0277. The van der Waals surface area contributed by atoms with Crippen molar-refractivity contribution >= 4 is 16.0 Å². The van der Waals surface area contributed by atoms with Crippen LogP contribution in [-0.2, 0) is 19.6 Å². The molecule has 1 N–H and O–H groups in total. The Morgan fingerprint density at radius 1 is 1.59 bits per heavy atom. The van der Waals surface area contributed by atoms with E-state index >= 15 is 0 Å². The number of aliphatic hydroxyl groups is 1. The van der Waals surface area contributed by atoms with Gasteiger partial charge in [-0.15, -0.1) is 0 Å². The van der Waals surface area contributed by atoms with Gasteiger partial charge in [0.25, 0.3) is 0 Å². The molecule has 100 valence electrons. The summed E-state index contributed by atoms with van der Waals surface area (Å²) in [7, 11) is -2.18. The Morgan fingerprint density at radius 2 is 2.24 bits per heavy atom. The molecule has 2 unspecified atom stereocenters. The SMILES string of the molecule is COC(=O)CCS(=O)(=O)N1CCC(C(C)O)C1. The molecule has 1 fully saturated rings. The third kappa shape index (κ3) is 3.93. The lowest BCUT2D eigenvalue weighted by molar-refractivity contribution is -0.140. The molecule has 0 aromatic carbocycles. The van der Waals surface area contributed by atoms with Crippen LogP contribution in [0.2, 0.25) is 0 Å². The topological polar surface area (TPSA) is 83.9 Å². The number of carbonyl (C=O) groups is 1. The van der Waals surface area contributed by atoms with Gasteiger partial charge < -0.3 is 9.84 Å². The number of methoxy groups -OCH3 is 1. The van der Waals surface area contributed by atoms with Gasteiger partial charge in [-0.2, -0.15) is 0 Å². The number of sulfonamides is 1. The van der Waals surface area contributed by atoms with E-state index in [2.05, 4.69) is 4.74 Å². The second kappa shape index (κ2) is 5.79. The van der Waals surface area contributed by atoms with E-state index in [1.165, 1.54) is 11.4 Å². The van der Waals surface area contributed by atoms with Crippen molar-refractivity contribution in [1.82, 2.24) is 4.31 Å². The van der Waals surface area contributed by atoms with Gasteiger partial charge in [0.15, 0.2) is 0 Å². The van der Waals surface area contributed by atoms with Crippen LogP contribution in [0.4, 0.5) is 0 Å². The van der Waals surface area contributed by atoms with E-state index in [0.717, 1.165) is 0 Å². The first-order valence-electron chi connectivity index (χ1n) is 5.59. The van der Waals surface area contributed by atoms with E-state index in [0.29, 0.717) is 19.5 Å². The third-order valence-corrected chi connectivity index (χ3v) is 4.89. The Morgan fingerprint density at radius 3 is 2.71 bits per heavy atom. The van der Waals surface area contributed by atoms with Gasteiger partial charge in [0, 0.05) is 13.1 Å². The van der Waals surface area contributed by atoms with Crippen LogP contribution in [0.1, 0.15) is 19.8 Å². The smallest absolute Gasteiger partial charge is 0.306 e. The molecular weight excluding hydrogens is 246 g/mol. The monoisotopic (exact) mass is 265 g/mol. The first kappa shape index (κ1) is 14.4. The Balaban J connectivity index is 2.52. The molecule has 1 aliphatic rings. The lowest BCUT2D eigenvalue weighted by Gasteiger charge is -2.17. The van der Waals surface area contributed by atoms with E-state index in [1.807, 2.05) is 0 Å². The highest BCUT2D eigenvalue weighted by atomic mass is 32.2. The summed E-state index contributed by atoms with van der Waals surface area (Å²) in [5.74, 6) is -0.769. The molecule has 2 atom stereocenters. The van der Waals surface area contributed by atoms with Crippen molar-refractivity contribution in [3.05, 3.63) is 0 Å². The number of rotatable bonds is 5. The maximum absolute atomic E-state index is 11.9. The molecule has 0 radical (unpaired) electrons. The largest absolute Gasteiger partial charge is 0.469 e. The molecule has 1 saturated heterocycles. The number of nitrogens with zero attached hydrogens (tertiary/aromatic N) is 1. The Kier molecular flexibility index (Phi) is 4.91. The average molecular weight is 265 g/mol. The molecular formula is C10H19NO5S. The van der Waals surface area contributed by atoms with Crippen LogP contribution < -0.4 is 0 Å². The molecule has 7 heteroatoms. The van der Waals surface area contributed by atoms with Gasteiger partial charge in [-0.25, -0.2) is 12.7 Å². The van der Waals surface area contributed by atoms with Gasteiger partial charge >= 0.3 is 5.97 Å². The summed E-state index contributed by atoms with van der Waals surface area (Å²) in [6, 6.07) is 0. The van der Waals surface area contributed by atoms with Crippen LogP contribution >= 0.6 is 0 Å². The van der Waals surface area contributed by atoms with E-state index in [9.17, 15) is 18.3 Å². The van der Waals surface area contributed by atoms with Crippen molar-refractivity contribution < 1.29 is 23.1 Å². The molecule has 1 heterocycles. The second-order valence-corrected chi connectivity index (χ2v) is 6.38. The Labute approximate surface area is 102 Å². The number of ether oxygens (including phenoxy) is 1. The molecule has 0 spiro atoms. The molecule has 0 bridgehead atoms. The molecule has 0 aromatic rings. The van der Waals surface area contributed by atoms with Crippen molar-refractivity contribution in [2.24, 2.45) is 5.92 Å². The van der Waals surface area contributed by atoms with Gasteiger partial charge in [0.1, 0.15) is 0 Å². The minimum Gasteiger partial charge on any atom is -0.469 e. The van der Waals surface area contributed by atoms with Crippen LogP contribution in [0, 0.1) is 5.92 Å². The van der Waals surface area contributed by atoms with E-state index in [4.69, 9.17) is 0 Å². The lowest BCUT2D eigenvalue weighted by Crippen LogP contribution is -2.33. The molecule has 1 rings (SSSR count). The summed E-state index contributed by atoms with van der Waals surface area (Å²) in [5, 5.41) is 9.40. The zero-order chi connectivity index (χ0) is 13.1. The number of esters is 1. The normalized spacial score (nSPS) is 23.6. The predicted molar refractivity (Wildman–Crippen MR) is 61.8 cm³/mol. The molecule has 0 saturated carbocycles. The first-order chi connectivity index (χ1) is 7.86. The van der Waals surface area contributed by atoms with Crippen LogP contribution in [0.15, 0.2) is 0 Å². The van der Waals surface area contributed by atoms with Crippen LogP contribution in [0.3, 0.4) is 0 Å². The van der Waals surface area contributed by atoms with E-state index in [1.54, 1.807) is 6.92 Å². The first-order valence-corrected chi connectivity index (χ1v) is 7.20. The highest BCUT2D eigenvalue weighted by molar-refractivity contribution is 7.89. The predicted octanol–water partition coefficient (Wildman–Crippen LogP) is -0.418. The summed E-state index contributed by atoms with van der Waals surface area (Å²) in [5.41, 5.74) is 0. The number of hydrogen-bond acceptors (Lipinski definition) is 5. The van der Waals surface area contributed by atoms with Crippen molar-refractivity contribution in [2.45, 2.75) is 25.9 Å². The standard InChI is InChI=1S/C10H19NO5S/c1-8(12)9-3-5-11(7-9)17(14,15)6-4-10(13)16-2/h8-9,12H,3-7H2,1-2H3. The average Bonchev–Trinajstić information content (AvgIpc) is 2.76. The zero-order valence-corrected chi connectivity index (χ0v) is 10.9. The maximum Gasteiger partial charge on any atom is 0.306 e. The molecule has 17 heavy (non-hydrogen) atoms. The van der Waals surface area contributed by atoms with Crippen molar-refractivity contribution in [1.29, 1.82) is 0 Å². The number of aliphatic hydroxyl groups excluding tert-OH is 1. The Bertz CT molecular complexity index is 365. The summed E-state index contributed by atoms with van der Waals surface area (Å²) >= 11 is 0. The molecule has 0 aliphatic carbocycles. The van der Waals surface area contributed by atoms with E-state index < -0.39 is 22.1 Å². The molecule has 1 aliphatic heterocycles. The zero-order valence-electron chi connectivity index (χ0n) is 10.1. The third-order valence-electron chi connectivity index (χ3n) is 3.05. The van der Waals surface area contributed by atoms with E-state index in [-0.39, 0.29) is 18.1 Å². The van der Waals surface area contributed by atoms with Crippen LogP contribution in [0.5, 0.6) is 0 Å². The number of hydrogen-bond donors (Lipinski definition) is 1. The molecule has 0 amide bonds. The van der Waals surface area contributed by atoms with Gasteiger partial charge in [-0.05, 0) is 19.3 Å². The highest BCUT2D eigenvalue weighted by Crippen LogP contribution is 2.22. The van der Waals surface area contributed by atoms with Gasteiger partial charge in [0.2, 0.25) is 10.0 Å². The minimum atomic E-state index is -3.41. The summed E-state index contributed by atoms with van der Waals surface area (Å²) < 4.78 is 29.5. The van der Waals surface area contributed by atoms with Crippen LogP contribution in [-0.4, -0.2) is 55.9 Å². The number of carbonyl (C=O) groups excluding carboxylic acids is 1. The fourth-order valence-electron chi connectivity index (χ4n) is 1.84. The quantitative estimate of drug-likeness (QED) is 0.683. The van der Waals surface area contributed by atoms with Crippen molar-refractivity contribution in [3.8, 4) is 0 Å². The molecule has 0 aromatic heterocycles. The molecule has 6 nitrogen and oxygen atoms in total. The minimum absolute atomic E-state index is 0.0112. The fourth-order valence-corrected chi connectivity index (χ4v) is 3.33. The lowest BCUT2D eigenvalue weighted by atomic mass is 10.0. The highest BCUT2D eigenvalue weighted by Gasteiger charge is 2.33. The second-order valence-electron chi connectivity index (χ2n) is 4.29. The summed E-state index contributed by atoms with van der Waals surface area (Å²) in [4.78, 5) is 10.9. The fraction of sp³-hybridized carbons (Fsp3) is 0.900. The van der Waals surface area contributed by atoms with Crippen molar-refractivity contribution in [3.63, 3.8) is 0 Å².